The minimum Gasteiger partial charge on any atom is -0.0613 e. The maximum absolute atomic E-state index is 2.42. The molecule has 0 spiro atoms. The molecular weight excluding hydrogens is 300 g/mol. The zero-order chi connectivity index (χ0) is 18.7. The quantitative estimate of drug-likeness (QED) is 0.523. The monoisotopic (exact) mass is 336 g/mol. The Bertz CT molecular complexity index is 706. The van der Waals surface area contributed by atoms with Gasteiger partial charge < -0.3 is 0 Å². The van der Waals surface area contributed by atoms with Gasteiger partial charge in [0.05, 0.1) is 0 Å². The highest BCUT2D eigenvalue weighted by atomic mass is 14.2. The summed E-state index contributed by atoms with van der Waals surface area (Å²) in [5.41, 5.74) is 12.1. The van der Waals surface area contributed by atoms with Gasteiger partial charge in [0.25, 0.3) is 0 Å². The molecule has 0 saturated heterocycles. The molecule has 0 aliphatic carbocycles. The molecule has 0 N–H and O–H groups in total. The van der Waals surface area contributed by atoms with Crippen LogP contribution in [0.1, 0.15) is 91.0 Å². The fourth-order valence-electron chi connectivity index (χ4n) is 4.45. The average molecular weight is 337 g/mol. The SMILES string of the molecule is CCc1c(C)cc(C)c(CC)c1CC(C)c1cc(C)ccc1C(C)C. The third kappa shape index (κ3) is 4.17. The molecule has 2 rings (SSSR count). The van der Waals surface area contributed by atoms with E-state index in [2.05, 4.69) is 79.7 Å². The zero-order valence-electron chi connectivity index (χ0n) is 17.6. The maximum atomic E-state index is 2.42. The highest BCUT2D eigenvalue weighted by molar-refractivity contribution is 5.47. The number of aryl methyl sites for hydroxylation is 3. The Balaban J connectivity index is 2.52. The van der Waals surface area contributed by atoms with Crippen LogP contribution in [0.5, 0.6) is 0 Å². The van der Waals surface area contributed by atoms with Gasteiger partial charge in [0, 0.05) is 0 Å². The zero-order valence-corrected chi connectivity index (χ0v) is 17.6. The molecule has 25 heavy (non-hydrogen) atoms. The van der Waals surface area contributed by atoms with Crippen LogP contribution in [-0.2, 0) is 19.3 Å². The Morgan fingerprint density at radius 1 is 0.720 bits per heavy atom. The highest BCUT2D eigenvalue weighted by Gasteiger charge is 2.18. The summed E-state index contributed by atoms with van der Waals surface area (Å²) < 4.78 is 0. The summed E-state index contributed by atoms with van der Waals surface area (Å²) in [5, 5.41) is 0. The maximum Gasteiger partial charge on any atom is -0.0147 e. The summed E-state index contributed by atoms with van der Waals surface area (Å²) in [7, 11) is 0. The van der Waals surface area contributed by atoms with Gasteiger partial charge in [-0.2, -0.15) is 0 Å². The third-order valence-corrected chi connectivity index (χ3v) is 5.73. The van der Waals surface area contributed by atoms with E-state index in [1.165, 1.54) is 22.3 Å². The summed E-state index contributed by atoms with van der Waals surface area (Å²) in [6.45, 7) is 18.4. The van der Waals surface area contributed by atoms with Crippen molar-refractivity contribution in [1.82, 2.24) is 0 Å². The first kappa shape index (κ1) is 19.8. The summed E-state index contributed by atoms with van der Waals surface area (Å²) >= 11 is 0. The summed E-state index contributed by atoms with van der Waals surface area (Å²) in [4.78, 5) is 0. The fraction of sp³-hybridized carbons (Fsp3) is 0.520. The van der Waals surface area contributed by atoms with Crippen LogP contribution >= 0.6 is 0 Å². The van der Waals surface area contributed by atoms with Crippen molar-refractivity contribution >= 4 is 0 Å². The van der Waals surface area contributed by atoms with Crippen molar-refractivity contribution in [1.29, 1.82) is 0 Å². The van der Waals surface area contributed by atoms with E-state index in [9.17, 15) is 0 Å². The Morgan fingerprint density at radius 2 is 1.28 bits per heavy atom. The first-order valence-electron chi connectivity index (χ1n) is 10.0. The second kappa shape index (κ2) is 8.21. The molecule has 0 aromatic heterocycles. The second-order valence-electron chi connectivity index (χ2n) is 8.05. The van der Waals surface area contributed by atoms with Gasteiger partial charge in [0.1, 0.15) is 0 Å². The van der Waals surface area contributed by atoms with E-state index in [0.717, 1.165) is 19.3 Å². The van der Waals surface area contributed by atoms with E-state index >= 15 is 0 Å². The minimum atomic E-state index is 0.550. The van der Waals surface area contributed by atoms with Gasteiger partial charge in [0.2, 0.25) is 0 Å². The third-order valence-electron chi connectivity index (χ3n) is 5.73. The van der Waals surface area contributed by atoms with E-state index in [0.29, 0.717) is 11.8 Å². The van der Waals surface area contributed by atoms with Gasteiger partial charge in [-0.1, -0.05) is 64.4 Å². The minimum absolute atomic E-state index is 0.550. The van der Waals surface area contributed by atoms with Crippen molar-refractivity contribution in [3.05, 3.63) is 68.8 Å². The molecule has 1 unspecified atom stereocenters. The van der Waals surface area contributed by atoms with Crippen LogP contribution in [-0.4, -0.2) is 0 Å². The standard InChI is InChI=1S/C25H36/c1-9-21-18(6)14-19(7)22(10-2)25(21)15-20(8)24-13-17(5)11-12-23(24)16(3)4/h11-14,16,20H,9-10,15H2,1-8H3. The molecule has 0 radical (unpaired) electrons. The van der Waals surface area contributed by atoms with E-state index < -0.39 is 0 Å². The van der Waals surface area contributed by atoms with Crippen molar-refractivity contribution in [2.24, 2.45) is 0 Å². The molecule has 0 amide bonds. The predicted octanol–water partition coefficient (Wildman–Crippen LogP) is 7.21. The topological polar surface area (TPSA) is 0 Å². The molecule has 0 bridgehead atoms. The fourth-order valence-corrected chi connectivity index (χ4v) is 4.45. The van der Waals surface area contributed by atoms with Gasteiger partial charge in [-0.05, 0) is 90.8 Å². The number of hydrogen-bond acceptors (Lipinski definition) is 0. The summed E-state index contributed by atoms with van der Waals surface area (Å²) in [6.07, 6.45) is 3.41. The summed E-state index contributed by atoms with van der Waals surface area (Å²) in [6, 6.07) is 9.41. The molecule has 2 aromatic carbocycles. The lowest BCUT2D eigenvalue weighted by Crippen LogP contribution is -2.10. The van der Waals surface area contributed by atoms with Crippen LogP contribution in [0.15, 0.2) is 24.3 Å². The van der Waals surface area contributed by atoms with Gasteiger partial charge in [0.15, 0.2) is 0 Å². The van der Waals surface area contributed by atoms with E-state index in [1.807, 2.05) is 0 Å². The smallest absolute Gasteiger partial charge is 0.0147 e. The van der Waals surface area contributed by atoms with Crippen molar-refractivity contribution in [3.8, 4) is 0 Å². The van der Waals surface area contributed by atoms with Crippen LogP contribution in [0.4, 0.5) is 0 Å². The first-order chi connectivity index (χ1) is 11.8. The largest absolute Gasteiger partial charge is 0.0613 e. The molecule has 0 nitrogen and oxygen atoms in total. The lowest BCUT2D eigenvalue weighted by Gasteiger charge is -2.24. The number of hydrogen-bond donors (Lipinski definition) is 0. The van der Waals surface area contributed by atoms with E-state index in [4.69, 9.17) is 0 Å². The molecular formula is C25H36. The Morgan fingerprint density at radius 3 is 1.76 bits per heavy atom. The Kier molecular flexibility index (Phi) is 6.49. The van der Waals surface area contributed by atoms with Crippen LogP contribution in [0.2, 0.25) is 0 Å². The van der Waals surface area contributed by atoms with Gasteiger partial charge >= 0.3 is 0 Å². The van der Waals surface area contributed by atoms with Crippen LogP contribution < -0.4 is 0 Å². The van der Waals surface area contributed by atoms with Crippen molar-refractivity contribution in [3.63, 3.8) is 0 Å². The van der Waals surface area contributed by atoms with Gasteiger partial charge in [-0.15, -0.1) is 0 Å². The lowest BCUT2D eigenvalue weighted by atomic mass is 9.81. The Labute approximate surface area is 155 Å². The van der Waals surface area contributed by atoms with E-state index in [-0.39, 0.29) is 0 Å². The molecule has 0 heterocycles. The molecule has 2 aromatic rings. The number of benzene rings is 2. The highest BCUT2D eigenvalue weighted by Crippen LogP contribution is 2.33. The summed E-state index contributed by atoms with van der Waals surface area (Å²) in [5.74, 6) is 1.13. The molecule has 0 heteroatoms. The van der Waals surface area contributed by atoms with Gasteiger partial charge in [-0.25, -0.2) is 0 Å². The molecule has 1 atom stereocenters. The van der Waals surface area contributed by atoms with E-state index in [1.54, 1.807) is 22.3 Å². The second-order valence-corrected chi connectivity index (χ2v) is 8.05. The lowest BCUT2D eigenvalue weighted by molar-refractivity contribution is 0.714. The first-order valence-corrected chi connectivity index (χ1v) is 10.0. The average Bonchev–Trinajstić information content (AvgIpc) is 2.54. The van der Waals surface area contributed by atoms with Gasteiger partial charge in [-0.3, -0.25) is 0 Å². The van der Waals surface area contributed by atoms with Crippen LogP contribution in [0, 0.1) is 20.8 Å². The van der Waals surface area contributed by atoms with Crippen LogP contribution in [0.25, 0.3) is 0 Å². The molecule has 0 fully saturated rings. The molecule has 0 aliphatic rings. The van der Waals surface area contributed by atoms with Crippen molar-refractivity contribution < 1.29 is 0 Å². The van der Waals surface area contributed by atoms with Crippen LogP contribution in [0.3, 0.4) is 0 Å². The van der Waals surface area contributed by atoms with Crippen molar-refractivity contribution in [2.75, 3.05) is 0 Å². The Hall–Kier alpha value is -1.56. The molecule has 0 aliphatic heterocycles. The molecule has 136 valence electrons. The van der Waals surface area contributed by atoms with Crippen molar-refractivity contribution in [2.45, 2.75) is 86.5 Å². The molecule has 0 saturated carbocycles. The number of rotatable bonds is 6. The normalized spacial score (nSPS) is 12.7. The predicted molar refractivity (Wildman–Crippen MR) is 112 cm³/mol.